The molecule has 9 heteroatoms. The van der Waals surface area contributed by atoms with Crippen LogP contribution in [0, 0.1) is 0 Å². The number of hydrogen-bond donors (Lipinski definition) is 0. The van der Waals surface area contributed by atoms with Crippen LogP contribution in [0.15, 0.2) is 33.9 Å². The highest BCUT2D eigenvalue weighted by Crippen LogP contribution is 2.40. The van der Waals surface area contributed by atoms with E-state index in [9.17, 15) is 9.59 Å². The fourth-order valence-electron chi connectivity index (χ4n) is 4.74. The van der Waals surface area contributed by atoms with Crippen molar-refractivity contribution in [3.8, 4) is 11.5 Å². The number of thiophene rings is 1. The molecule has 1 saturated heterocycles. The number of morpholine rings is 1. The average molecular weight is 451 g/mol. The summed E-state index contributed by atoms with van der Waals surface area (Å²) in [7, 11) is 0. The third-order valence-corrected chi connectivity index (χ3v) is 7.40. The van der Waals surface area contributed by atoms with Gasteiger partial charge in [0.15, 0.2) is 5.76 Å². The van der Waals surface area contributed by atoms with Gasteiger partial charge in [-0.05, 0) is 48.9 Å². The maximum Gasteiger partial charge on any atom is 0.271 e. The first-order valence-electron chi connectivity index (χ1n) is 10.9. The molecule has 32 heavy (non-hydrogen) atoms. The Balaban J connectivity index is 1.48. The van der Waals surface area contributed by atoms with Crippen LogP contribution in [0.4, 0.5) is 0 Å². The number of hydrogen-bond acceptors (Lipinski definition) is 7. The molecule has 1 fully saturated rings. The van der Waals surface area contributed by atoms with Crippen molar-refractivity contribution < 1.29 is 13.9 Å². The van der Waals surface area contributed by atoms with Gasteiger partial charge in [-0.15, -0.1) is 11.3 Å². The normalized spacial score (nSPS) is 16.6. The number of furan rings is 1. The first kappa shape index (κ1) is 19.6. The third kappa shape index (κ3) is 3.15. The Hall–Kier alpha value is -3.04. The van der Waals surface area contributed by atoms with Crippen molar-refractivity contribution in [3.63, 3.8) is 0 Å². The predicted octanol–water partition coefficient (Wildman–Crippen LogP) is 3.00. The fourth-order valence-corrected chi connectivity index (χ4v) is 5.85. The molecule has 164 valence electrons. The summed E-state index contributed by atoms with van der Waals surface area (Å²) < 4.78 is 12.9. The van der Waals surface area contributed by atoms with Crippen LogP contribution < -0.4 is 5.56 Å². The highest BCUT2D eigenvalue weighted by atomic mass is 32.1. The quantitative estimate of drug-likeness (QED) is 0.477. The van der Waals surface area contributed by atoms with E-state index in [0.29, 0.717) is 36.5 Å². The number of aromatic nitrogens is 3. The maximum atomic E-state index is 13.3. The van der Waals surface area contributed by atoms with E-state index in [1.54, 1.807) is 11.2 Å². The zero-order valence-electron chi connectivity index (χ0n) is 17.5. The van der Waals surface area contributed by atoms with Crippen LogP contribution in [0.3, 0.4) is 0 Å². The molecule has 2 aliphatic rings. The second-order valence-corrected chi connectivity index (χ2v) is 9.23. The third-order valence-electron chi connectivity index (χ3n) is 6.34. The van der Waals surface area contributed by atoms with Crippen LogP contribution in [-0.2, 0) is 28.9 Å². The minimum atomic E-state index is -0.191. The zero-order chi connectivity index (χ0) is 21.7. The summed E-state index contributed by atoms with van der Waals surface area (Å²) in [5, 5.41) is 0.985. The van der Waals surface area contributed by atoms with Gasteiger partial charge >= 0.3 is 0 Å². The molecule has 4 aromatic heterocycles. The molecule has 0 bridgehead atoms. The maximum absolute atomic E-state index is 13.3. The summed E-state index contributed by atoms with van der Waals surface area (Å²) in [6.45, 7) is 2.15. The van der Waals surface area contributed by atoms with Crippen molar-refractivity contribution in [3.05, 3.63) is 46.2 Å². The van der Waals surface area contributed by atoms with Gasteiger partial charge in [-0.2, -0.15) is 0 Å². The topological polar surface area (TPSA) is 90.5 Å². The molecule has 1 aliphatic heterocycles. The van der Waals surface area contributed by atoms with Crippen LogP contribution in [-0.4, -0.2) is 51.6 Å². The molecule has 0 radical (unpaired) electrons. The summed E-state index contributed by atoms with van der Waals surface area (Å²) in [6.07, 6.45) is 7.26. The van der Waals surface area contributed by atoms with Crippen molar-refractivity contribution in [2.24, 2.45) is 0 Å². The minimum Gasteiger partial charge on any atom is -0.463 e. The van der Waals surface area contributed by atoms with Gasteiger partial charge in [0.25, 0.3) is 5.56 Å². The molecule has 1 amide bonds. The summed E-state index contributed by atoms with van der Waals surface area (Å²) >= 11 is 1.36. The number of rotatable bonds is 3. The Bertz CT molecular complexity index is 1380. The van der Waals surface area contributed by atoms with Gasteiger partial charge in [-0.3, -0.25) is 14.2 Å². The number of carbonyl (C=O) groups is 1. The van der Waals surface area contributed by atoms with E-state index in [1.165, 1.54) is 33.4 Å². The molecule has 0 N–H and O–H groups in total. The smallest absolute Gasteiger partial charge is 0.271 e. The molecule has 0 spiro atoms. The van der Waals surface area contributed by atoms with Gasteiger partial charge in [0.05, 0.1) is 31.3 Å². The van der Waals surface area contributed by atoms with Gasteiger partial charge in [0.1, 0.15) is 21.8 Å². The number of amides is 1. The van der Waals surface area contributed by atoms with Crippen LogP contribution in [0.2, 0.25) is 0 Å². The largest absolute Gasteiger partial charge is 0.463 e. The van der Waals surface area contributed by atoms with Gasteiger partial charge in [0, 0.05) is 18.5 Å². The molecule has 4 aromatic rings. The molecule has 6 rings (SSSR count). The molecule has 0 saturated carbocycles. The lowest BCUT2D eigenvalue weighted by molar-refractivity contribution is -0.135. The Kier molecular flexibility index (Phi) is 4.80. The second-order valence-electron chi connectivity index (χ2n) is 8.23. The van der Waals surface area contributed by atoms with Crippen molar-refractivity contribution in [1.29, 1.82) is 0 Å². The monoisotopic (exact) mass is 450 g/mol. The Morgan fingerprint density at radius 3 is 2.75 bits per heavy atom. The molecular formula is C23H22N4O4S. The summed E-state index contributed by atoms with van der Waals surface area (Å²) in [4.78, 5) is 38.0. The van der Waals surface area contributed by atoms with E-state index in [2.05, 4.69) is 4.98 Å². The number of nitrogens with zero attached hydrogens (tertiary/aromatic N) is 4. The highest BCUT2D eigenvalue weighted by Gasteiger charge is 2.25. The predicted molar refractivity (Wildman–Crippen MR) is 121 cm³/mol. The first-order chi connectivity index (χ1) is 15.7. The van der Waals surface area contributed by atoms with Crippen LogP contribution in [0.5, 0.6) is 0 Å². The standard InChI is InChI=1S/C23H22N4O4S/c28-17(26-7-10-30-11-8-26)12-27-13-24-20-18-14-4-1-2-5-15(14)19(16-6-3-9-31-16)25-22(18)32-21(20)23(27)29/h3,6,9,13H,1-2,4-5,7-8,10-12H2. The van der Waals surface area contributed by atoms with E-state index < -0.39 is 0 Å². The Morgan fingerprint density at radius 1 is 1.16 bits per heavy atom. The van der Waals surface area contributed by atoms with E-state index in [4.69, 9.17) is 14.1 Å². The lowest BCUT2D eigenvalue weighted by atomic mass is 9.88. The molecule has 5 heterocycles. The van der Waals surface area contributed by atoms with Crippen molar-refractivity contribution >= 4 is 37.7 Å². The molecule has 0 atom stereocenters. The molecule has 0 aromatic carbocycles. The van der Waals surface area contributed by atoms with Crippen molar-refractivity contribution in [2.45, 2.75) is 32.2 Å². The van der Waals surface area contributed by atoms with E-state index in [-0.39, 0.29) is 18.0 Å². The van der Waals surface area contributed by atoms with Crippen LogP contribution in [0.1, 0.15) is 24.0 Å². The number of ether oxygens (including phenoxy) is 1. The van der Waals surface area contributed by atoms with E-state index in [1.807, 2.05) is 12.1 Å². The lowest BCUT2D eigenvalue weighted by Crippen LogP contribution is -2.43. The fraction of sp³-hybridized carbons (Fsp3) is 0.391. The SMILES string of the molecule is O=C(Cn1cnc2c(sc3nc(-c4ccco4)c4c(c32)CCCC4)c1=O)N1CCOCC1. The molecular weight excluding hydrogens is 428 g/mol. The van der Waals surface area contributed by atoms with E-state index >= 15 is 0 Å². The number of aryl methyl sites for hydroxylation is 1. The second kappa shape index (κ2) is 7.83. The average Bonchev–Trinajstić information content (AvgIpc) is 3.49. The minimum absolute atomic E-state index is 0.0147. The van der Waals surface area contributed by atoms with Gasteiger partial charge in [-0.25, -0.2) is 9.97 Å². The van der Waals surface area contributed by atoms with Crippen molar-refractivity contribution in [1.82, 2.24) is 19.4 Å². The number of fused-ring (bicyclic) bond motifs is 5. The lowest BCUT2D eigenvalue weighted by Gasteiger charge is -2.26. The Morgan fingerprint density at radius 2 is 1.97 bits per heavy atom. The zero-order valence-corrected chi connectivity index (χ0v) is 18.3. The highest BCUT2D eigenvalue weighted by molar-refractivity contribution is 7.25. The molecule has 1 aliphatic carbocycles. The van der Waals surface area contributed by atoms with Crippen molar-refractivity contribution in [2.75, 3.05) is 26.3 Å². The van der Waals surface area contributed by atoms with Gasteiger partial charge in [-0.1, -0.05) is 0 Å². The Labute approximate surface area is 187 Å². The molecule has 8 nitrogen and oxygen atoms in total. The summed E-state index contributed by atoms with van der Waals surface area (Å²) in [5.41, 5.74) is 3.80. The van der Waals surface area contributed by atoms with Gasteiger partial charge < -0.3 is 14.1 Å². The number of carbonyl (C=O) groups excluding carboxylic acids is 1. The van der Waals surface area contributed by atoms with Crippen LogP contribution in [0.25, 0.3) is 31.9 Å². The first-order valence-corrected chi connectivity index (χ1v) is 11.7. The van der Waals surface area contributed by atoms with E-state index in [0.717, 1.165) is 47.4 Å². The van der Waals surface area contributed by atoms with Gasteiger partial charge in [0.2, 0.25) is 5.91 Å². The summed E-state index contributed by atoms with van der Waals surface area (Å²) in [5.74, 6) is 0.664. The summed E-state index contributed by atoms with van der Waals surface area (Å²) in [6, 6.07) is 3.80. The number of pyridine rings is 1. The molecule has 0 unspecified atom stereocenters. The van der Waals surface area contributed by atoms with Crippen LogP contribution >= 0.6 is 11.3 Å².